The number of halogens is 1. The minimum absolute atomic E-state index is 0.103. The third-order valence-corrected chi connectivity index (χ3v) is 7.05. The molecule has 0 fully saturated rings. The lowest BCUT2D eigenvalue weighted by Gasteiger charge is -2.24. The smallest absolute Gasteiger partial charge is 0.264 e. The normalized spacial score (nSPS) is 11.6. The monoisotopic (exact) mass is 503 g/mol. The van der Waals surface area contributed by atoms with Crippen LogP contribution in [0.2, 0.25) is 0 Å². The molecule has 162 valence electrons. The van der Waals surface area contributed by atoms with E-state index >= 15 is 0 Å². The molecule has 0 radical (unpaired) electrons. The molecule has 0 atom stereocenters. The van der Waals surface area contributed by atoms with E-state index in [4.69, 9.17) is 4.42 Å². The van der Waals surface area contributed by atoms with Crippen molar-refractivity contribution in [3.8, 4) is 0 Å². The summed E-state index contributed by atoms with van der Waals surface area (Å²) in [5.74, 6) is 0.546. The molecule has 0 aliphatic rings. The zero-order valence-electron chi connectivity index (χ0n) is 17.3. The van der Waals surface area contributed by atoms with Crippen LogP contribution in [-0.4, -0.2) is 27.1 Å². The van der Waals surface area contributed by atoms with Gasteiger partial charge in [0, 0.05) is 6.07 Å². The minimum atomic E-state index is -3.96. The summed E-state index contributed by atoms with van der Waals surface area (Å²) in [4.78, 5) is 12.6. The second-order valence-electron chi connectivity index (χ2n) is 7.01. The molecule has 2 aromatic carbocycles. The molecule has 31 heavy (non-hydrogen) atoms. The molecule has 3 aromatic rings. The molecule has 0 unspecified atom stereocenters. The van der Waals surface area contributed by atoms with Crippen LogP contribution in [0.4, 0.5) is 5.69 Å². The molecule has 0 bridgehead atoms. The van der Waals surface area contributed by atoms with Crippen molar-refractivity contribution < 1.29 is 17.6 Å². The maximum absolute atomic E-state index is 13.3. The highest BCUT2D eigenvalue weighted by atomic mass is 79.9. The minimum Gasteiger partial charge on any atom is -0.459 e. The van der Waals surface area contributed by atoms with Crippen molar-refractivity contribution in [2.75, 3.05) is 10.8 Å². The summed E-state index contributed by atoms with van der Waals surface area (Å²) in [5, 5.41) is 3.86. The van der Waals surface area contributed by atoms with E-state index < -0.39 is 22.5 Å². The summed E-state index contributed by atoms with van der Waals surface area (Å²) in [6.07, 6.45) is 1.35. The summed E-state index contributed by atoms with van der Waals surface area (Å²) in [5.41, 5.74) is 4.65. The number of nitrogens with one attached hydrogen (secondary N) is 1. The molecule has 9 heteroatoms. The van der Waals surface area contributed by atoms with Gasteiger partial charge in [0.15, 0.2) is 0 Å². The molecule has 1 heterocycles. The number of aryl methyl sites for hydroxylation is 3. The predicted molar refractivity (Wildman–Crippen MR) is 124 cm³/mol. The molecule has 1 aromatic heterocycles. The number of furan rings is 1. The number of carbonyl (C=O) groups is 1. The van der Waals surface area contributed by atoms with Crippen molar-refractivity contribution in [1.29, 1.82) is 0 Å². The van der Waals surface area contributed by atoms with Crippen molar-refractivity contribution in [1.82, 2.24) is 5.43 Å². The van der Waals surface area contributed by atoms with E-state index in [2.05, 4.69) is 26.5 Å². The fourth-order valence-electron chi connectivity index (χ4n) is 2.74. The van der Waals surface area contributed by atoms with Gasteiger partial charge in [-0.1, -0.05) is 35.4 Å². The van der Waals surface area contributed by atoms with Crippen LogP contribution in [-0.2, 0) is 14.8 Å². The van der Waals surface area contributed by atoms with Crippen molar-refractivity contribution in [3.63, 3.8) is 0 Å². The Bertz CT molecular complexity index is 1180. The van der Waals surface area contributed by atoms with E-state index in [-0.39, 0.29) is 4.90 Å². The number of nitrogens with zero attached hydrogens (tertiary/aromatic N) is 2. The number of sulfonamides is 1. The predicted octanol–water partition coefficient (Wildman–Crippen LogP) is 4.31. The lowest BCUT2D eigenvalue weighted by molar-refractivity contribution is -0.119. The molecule has 3 rings (SSSR count). The maximum Gasteiger partial charge on any atom is 0.264 e. The summed E-state index contributed by atoms with van der Waals surface area (Å²) < 4.78 is 33.9. The first-order chi connectivity index (χ1) is 14.7. The summed E-state index contributed by atoms with van der Waals surface area (Å²) in [6, 6.07) is 15.1. The van der Waals surface area contributed by atoms with E-state index in [1.807, 2.05) is 13.8 Å². The van der Waals surface area contributed by atoms with Crippen molar-refractivity contribution in [2.24, 2.45) is 5.10 Å². The number of carbonyl (C=O) groups excluding carboxylic acids is 1. The average Bonchev–Trinajstić information content (AvgIpc) is 3.04. The fraction of sp³-hybridized carbons (Fsp3) is 0.182. The Morgan fingerprint density at radius 3 is 2.19 bits per heavy atom. The summed E-state index contributed by atoms with van der Waals surface area (Å²) >= 11 is 3.33. The number of anilines is 1. The zero-order chi connectivity index (χ0) is 22.6. The topological polar surface area (TPSA) is 92.0 Å². The van der Waals surface area contributed by atoms with Crippen LogP contribution in [0, 0.1) is 20.8 Å². The van der Waals surface area contributed by atoms with Gasteiger partial charge in [-0.3, -0.25) is 9.10 Å². The Hall–Kier alpha value is -2.91. The van der Waals surface area contributed by atoms with Crippen LogP contribution in [0.3, 0.4) is 0 Å². The number of rotatable bonds is 7. The van der Waals surface area contributed by atoms with E-state index in [9.17, 15) is 13.2 Å². The van der Waals surface area contributed by atoms with Crippen LogP contribution in [0.1, 0.15) is 22.6 Å². The van der Waals surface area contributed by atoms with E-state index in [0.717, 1.165) is 19.9 Å². The van der Waals surface area contributed by atoms with Gasteiger partial charge in [0.05, 0.1) is 21.3 Å². The highest BCUT2D eigenvalue weighted by Crippen LogP contribution is 2.24. The second-order valence-corrected chi connectivity index (χ2v) is 9.72. The van der Waals surface area contributed by atoms with Gasteiger partial charge in [0.1, 0.15) is 18.1 Å². The molecule has 0 spiro atoms. The molecule has 0 aliphatic carbocycles. The lowest BCUT2D eigenvalue weighted by Crippen LogP contribution is -2.39. The second kappa shape index (κ2) is 9.49. The zero-order valence-corrected chi connectivity index (χ0v) is 19.7. The first-order valence-electron chi connectivity index (χ1n) is 9.41. The molecule has 1 amide bonds. The molecular weight excluding hydrogens is 482 g/mol. The molecule has 7 nitrogen and oxygen atoms in total. The van der Waals surface area contributed by atoms with Gasteiger partial charge in [-0.2, -0.15) is 5.10 Å². The standard InChI is InChI=1S/C22H22BrN3O4S/c1-15-4-8-18(9-5-15)26(31(28,29)20-10-6-16(2)7-11-20)14-22(27)25-24-13-19-12-21(23)17(3)30-19/h4-13H,14H2,1-3H3,(H,25,27)/b24-13+. The highest BCUT2D eigenvalue weighted by Gasteiger charge is 2.27. The van der Waals surface area contributed by atoms with Gasteiger partial charge in [0.25, 0.3) is 15.9 Å². The third kappa shape index (κ3) is 5.62. The Kier molecular flexibility index (Phi) is 6.97. The Balaban J connectivity index is 1.83. The molecule has 0 saturated heterocycles. The number of amides is 1. The van der Waals surface area contributed by atoms with Crippen LogP contribution in [0.15, 0.2) is 73.5 Å². The van der Waals surface area contributed by atoms with E-state index in [1.165, 1.54) is 18.3 Å². The average molecular weight is 504 g/mol. The number of hydrogen-bond acceptors (Lipinski definition) is 5. The quantitative estimate of drug-likeness (QED) is 0.384. The van der Waals surface area contributed by atoms with Gasteiger partial charge in [-0.15, -0.1) is 0 Å². The largest absolute Gasteiger partial charge is 0.459 e. The Morgan fingerprint density at radius 2 is 1.65 bits per heavy atom. The van der Waals surface area contributed by atoms with E-state index in [0.29, 0.717) is 17.2 Å². The molecular formula is C22H22BrN3O4S. The fourth-order valence-corrected chi connectivity index (χ4v) is 4.47. The Labute approximate surface area is 189 Å². The summed E-state index contributed by atoms with van der Waals surface area (Å²) in [7, 11) is -3.96. The van der Waals surface area contributed by atoms with E-state index in [1.54, 1.807) is 49.4 Å². The van der Waals surface area contributed by atoms with Gasteiger partial charge in [0.2, 0.25) is 0 Å². The van der Waals surface area contributed by atoms with Crippen LogP contribution >= 0.6 is 15.9 Å². The number of benzene rings is 2. The Morgan fingerprint density at radius 1 is 1.06 bits per heavy atom. The molecule has 0 saturated carbocycles. The SMILES string of the molecule is Cc1ccc(N(CC(=O)N/N=C/c2cc(Br)c(C)o2)S(=O)(=O)c2ccc(C)cc2)cc1. The number of hydrazone groups is 1. The van der Waals surface area contributed by atoms with Gasteiger partial charge in [-0.05, 0) is 61.0 Å². The summed E-state index contributed by atoms with van der Waals surface area (Å²) in [6.45, 7) is 5.13. The first kappa shape index (κ1) is 22.8. The van der Waals surface area contributed by atoms with Crippen LogP contribution in [0.25, 0.3) is 0 Å². The van der Waals surface area contributed by atoms with Crippen LogP contribution < -0.4 is 9.73 Å². The molecule has 1 N–H and O–H groups in total. The van der Waals surface area contributed by atoms with Crippen molar-refractivity contribution in [3.05, 3.63) is 81.7 Å². The number of hydrogen-bond donors (Lipinski definition) is 1. The molecule has 0 aliphatic heterocycles. The maximum atomic E-state index is 13.3. The van der Waals surface area contributed by atoms with Gasteiger partial charge < -0.3 is 4.42 Å². The van der Waals surface area contributed by atoms with Gasteiger partial charge >= 0.3 is 0 Å². The van der Waals surface area contributed by atoms with Crippen molar-refractivity contribution >= 4 is 43.8 Å². The van der Waals surface area contributed by atoms with Gasteiger partial charge in [-0.25, -0.2) is 13.8 Å². The van der Waals surface area contributed by atoms with Crippen LogP contribution in [0.5, 0.6) is 0 Å². The third-order valence-electron chi connectivity index (χ3n) is 4.48. The lowest BCUT2D eigenvalue weighted by atomic mass is 10.2. The highest BCUT2D eigenvalue weighted by molar-refractivity contribution is 9.10. The first-order valence-corrected chi connectivity index (χ1v) is 11.6. The van der Waals surface area contributed by atoms with Crippen molar-refractivity contribution in [2.45, 2.75) is 25.7 Å².